The molecule has 16 heavy (non-hydrogen) atoms. The Morgan fingerprint density at radius 1 is 1.62 bits per heavy atom. The van der Waals surface area contributed by atoms with E-state index in [2.05, 4.69) is 30.6 Å². The third kappa shape index (κ3) is 2.62. The number of thioether (sulfide) groups is 1. The molecular formula is C12H19NOS2. The Morgan fingerprint density at radius 3 is 3.12 bits per heavy atom. The molecule has 0 aliphatic carbocycles. The molecule has 1 aliphatic heterocycles. The van der Waals surface area contributed by atoms with Crippen molar-refractivity contribution in [1.29, 1.82) is 0 Å². The van der Waals surface area contributed by atoms with E-state index in [1.54, 1.807) is 0 Å². The Kier molecular flexibility index (Phi) is 4.30. The summed E-state index contributed by atoms with van der Waals surface area (Å²) < 4.78 is 1.45. The molecule has 2 nitrogen and oxygen atoms in total. The second-order valence-electron chi connectivity index (χ2n) is 4.33. The van der Waals surface area contributed by atoms with Gasteiger partial charge in [0.25, 0.3) is 0 Å². The first kappa shape index (κ1) is 12.4. The normalized spacial score (nSPS) is 26.4. The number of hydrogen-bond donors (Lipinski definition) is 2. The summed E-state index contributed by atoms with van der Waals surface area (Å²) in [4.78, 5) is 0. The van der Waals surface area contributed by atoms with Gasteiger partial charge in [0.1, 0.15) is 0 Å². The Hall–Kier alpha value is -0.0300. The predicted molar refractivity (Wildman–Crippen MR) is 71.3 cm³/mol. The van der Waals surface area contributed by atoms with E-state index in [1.165, 1.54) is 9.77 Å². The monoisotopic (exact) mass is 257 g/mol. The van der Waals surface area contributed by atoms with Crippen LogP contribution in [0.2, 0.25) is 0 Å². The summed E-state index contributed by atoms with van der Waals surface area (Å²) in [6.45, 7) is 4.62. The maximum atomic E-state index is 9.26. The van der Waals surface area contributed by atoms with Crippen molar-refractivity contribution < 1.29 is 5.11 Å². The van der Waals surface area contributed by atoms with Gasteiger partial charge in [0.15, 0.2) is 0 Å². The molecule has 1 aliphatic rings. The Morgan fingerprint density at radius 2 is 2.44 bits per heavy atom. The Labute approximate surface area is 105 Å². The Balaban J connectivity index is 2.11. The van der Waals surface area contributed by atoms with Gasteiger partial charge in [-0.15, -0.1) is 23.1 Å². The van der Waals surface area contributed by atoms with E-state index in [9.17, 15) is 5.11 Å². The van der Waals surface area contributed by atoms with Crippen molar-refractivity contribution in [3.05, 3.63) is 17.0 Å². The molecule has 0 saturated carbocycles. The van der Waals surface area contributed by atoms with Gasteiger partial charge in [0.2, 0.25) is 0 Å². The van der Waals surface area contributed by atoms with E-state index >= 15 is 0 Å². The van der Waals surface area contributed by atoms with Crippen LogP contribution in [0.15, 0.2) is 15.7 Å². The van der Waals surface area contributed by atoms with Crippen LogP contribution >= 0.6 is 23.1 Å². The summed E-state index contributed by atoms with van der Waals surface area (Å²) in [6, 6.07) is 2.88. The summed E-state index contributed by atoms with van der Waals surface area (Å²) >= 11 is 3.82. The van der Waals surface area contributed by atoms with Crippen LogP contribution in [-0.2, 0) is 0 Å². The number of rotatable bonds is 4. The van der Waals surface area contributed by atoms with Gasteiger partial charge in [-0.25, -0.2) is 0 Å². The summed E-state index contributed by atoms with van der Waals surface area (Å²) in [7, 11) is 0. The maximum absolute atomic E-state index is 9.26. The van der Waals surface area contributed by atoms with Crippen molar-refractivity contribution >= 4 is 23.1 Å². The molecule has 1 aromatic rings. The minimum Gasteiger partial charge on any atom is -0.395 e. The average Bonchev–Trinajstić information content (AvgIpc) is 2.73. The molecule has 0 radical (unpaired) electrons. The molecule has 2 heterocycles. The van der Waals surface area contributed by atoms with Crippen molar-refractivity contribution in [3.63, 3.8) is 0 Å². The van der Waals surface area contributed by atoms with E-state index in [-0.39, 0.29) is 12.6 Å². The van der Waals surface area contributed by atoms with Crippen LogP contribution in [-0.4, -0.2) is 23.0 Å². The van der Waals surface area contributed by atoms with Gasteiger partial charge >= 0.3 is 0 Å². The van der Waals surface area contributed by atoms with Gasteiger partial charge in [-0.1, -0.05) is 13.8 Å². The first-order valence-electron chi connectivity index (χ1n) is 5.85. The van der Waals surface area contributed by atoms with Crippen LogP contribution in [0.3, 0.4) is 0 Å². The predicted octanol–water partition coefficient (Wildman–Crippen LogP) is 3.03. The average molecular weight is 257 g/mol. The third-order valence-electron chi connectivity index (χ3n) is 3.06. The van der Waals surface area contributed by atoms with E-state index in [1.807, 2.05) is 23.1 Å². The number of nitrogens with one attached hydrogen (secondary N) is 1. The van der Waals surface area contributed by atoms with Gasteiger partial charge in [-0.05, 0) is 29.9 Å². The van der Waals surface area contributed by atoms with Gasteiger partial charge in [-0.3, -0.25) is 0 Å². The van der Waals surface area contributed by atoms with Crippen LogP contribution in [0.4, 0.5) is 0 Å². The van der Waals surface area contributed by atoms with E-state index in [4.69, 9.17) is 0 Å². The largest absolute Gasteiger partial charge is 0.395 e. The van der Waals surface area contributed by atoms with E-state index in [0.717, 1.165) is 12.8 Å². The quantitative estimate of drug-likeness (QED) is 0.869. The highest BCUT2D eigenvalue weighted by atomic mass is 32.2. The topological polar surface area (TPSA) is 32.3 Å². The van der Waals surface area contributed by atoms with Gasteiger partial charge in [0, 0.05) is 17.3 Å². The van der Waals surface area contributed by atoms with Crippen LogP contribution < -0.4 is 5.32 Å². The summed E-state index contributed by atoms with van der Waals surface area (Å²) in [5.41, 5.74) is 1.43. The molecule has 0 aromatic carbocycles. The molecule has 0 bridgehead atoms. The van der Waals surface area contributed by atoms with Gasteiger partial charge in [0.05, 0.1) is 10.8 Å². The van der Waals surface area contributed by atoms with Crippen LogP contribution in [0.25, 0.3) is 0 Å². The zero-order chi connectivity index (χ0) is 11.5. The van der Waals surface area contributed by atoms with Crippen molar-refractivity contribution in [2.45, 2.75) is 48.2 Å². The maximum Gasteiger partial charge on any atom is 0.0649 e. The number of hydrogen-bond acceptors (Lipinski definition) is 4. The standard InChI is InChI=1S/C12H19NOS2/c1-3-9(7-14)13-11-6-8(2)16-12-10(11)4-5-15-12/h4-5,8-9,11,13-14H,3,6-7H2,1-2H3/t8-,9+,11?/m0/s1. The lowest BCUT2D eigenvalue weighted by atomic mass is 10.0. The minimum atomic E-state index is 0.230. The third-order valence-corrected chi connectivity index (χ3v) is 5.40. The van der Waals surface area contributed by atoms with E-state index in [0.29, 0.717) is 11.3 Å². The van der Waals surface area contributed by atoms with Crippen molar-refractivity contribution in [2.75, 3.05) is 6.61 Å². The summed E-state index contributed by atoms with van der Waals surface area (Å²) in [5, 5.41) is 15.7. The number of thiophene rings is 1. The molecule has 0 saturated heterocycles. The molecule has 90 valence electrons. The van der Waals surface area contributed by atoms with Gasteiger partial charge in [-0.2, -0.15) is 0 Å². The summed E-state index contributed by atoms with van der Waals surface area (Å²) in [5.74, 6) is 0. The lowest BCUT2D eigenvalue weighted by Crippen LogP contribution is -2.37. The molecule has 2 N–H and O–H groups in total. The van der Waals surface area contributed by atoms with Gasteiger partial charge < -0.3 is 10.4 Å². The molecular weight excluding hydrogens is 238 g/mol. The Bertz CT molecular complexity index is 336. The zero-order valence-electron chi connectivity index (χ0n) is 9.77. The van der Waals surface area contributed by atoms with Crippen molar-refractivity contribution in [3.8, 4) is 0 Å². The lowest BCUT2D eigenvalue weighted by molar-refractivity contribution is 0.224. The summed E-state index contributed by atoms with van der Waals surface area (Å²) in [6.07, 6.45) is 2.14. The van der Waals surface area contributed by atoms with Crippen LogP contribution in [0, 0.1) is 0 Å². The highest BCUT2D eigenvalue weighted by Gasteiger charge is 2.27. The number of aliphatic hydroxyl groups is 1. The fourth-order valence-electron chi connectivity index (χ4n) is 2.09. The SMILES string of the molecule is CC[C@H](CO)NC1C[C@H](C)Sc2sccc21. The van der Waals surface area contributed by atoms with Crippen molar-refractivity contribution in [2.24, 2.45) is 0 Å². The first-order chi connectivity index (χ1) is 7.74. The fraction of sp³-hybridized carbons (Fsp3) is 0.667. The van der Waals surface area contributed by atoms with E-state index < -0.39 is 0 Å². The lowest BCUT2D eigenvalue weighted by Gasteiger charge is -2.30. The smallest absolute Gasteiger partial charge is 0.0649 e. The molecule has 4 heteroatoms. The molecule has 3 atom stereocenters. The highest BCUT2D eigenvalue weighted by Crippen LogP contribution is 2.43. The molecule has 0 fully saturated rings. The minimum absolute atomic E-state index is 0.230. The molecule has 2 rings (SSSR count). The molecule has 0 amide bonds. The number of fused-ring (bicyclic) bond motifs is 1. The second-order valence-corrected chi connectivity index (χ2v) is 6.96. The number of aliphatic hydroxyl groups excluding tert-OH is 1. The zero-order valence-corrected chi connectivity index (χ0v) is 11.4. The first-order valence-corrected chi connectivity index (χ1v) is 7.61. The van der Waals surface area contributed by atoms with Crippen LogP contribution in [0.5, 0.6) is 0 Å². The van der Waals surface area contributed by atoms with Crippen molar-refractivity contribution in [1.82, 2.24) is 5.32 Å². The second kappa shape index (κ2) is 5.54. The molecule has 0 spiro atoms. The fourth-order valence-corrected chi connectivity index (χ4v) is 4.66. The molecule has 1 aromatic heterocycles. The molecule has 1 unspecified atom stereocenters. The van der Waals surface area contributed by atoms with Crippen LogP contribution in [0.1, 0.15) is 38.3 Å². The highest BCUT2D eigenvalue weighted by molar-refractivity contribution is 8.01.